The summed E-state index contributed by atoms with van der Waals surface area (Å²) in [4.78, 5) is 12.9. The Morgan fingerprint density at radius 1 is 1.22 bits per heavy atom. The number of hydrogen-bond acceptors (Lipinski definition) is 2. The van der Waals surface area contributed by atoms with Gasteiger partial charge in [0.05, 0.1) is 0 Å². The van der Waals surface area contributed by atoms with Gasteiger partial charge in [0.1, 0.15) is 6.42 Å². The topological polar surface area (TPSA) is 32.3 Å². The maximum absolute atomic E-state index is 12.1. The third-order valence-corrected chi connectivity index (χ3v) is 3.81. The molecule has 0 aromatic rings. The predicted octanol–water partition coefficient (Wildman–Crippen LogP) is 1.96. The summed E-state index contributed by atoms with van der Waals surface area (Å²) < 4.78 is 36.4. The molecule has 106 valence electrons. The molecule has 0 saturated carbocycles. The van der Waals surface area contributed by atoms with Crippen LogP contribution in [0.3, 0.4) is 0 Å². The predicted molar refractivity (Wildman–Crippen MR) is 63.7 cm³/mol. The molecule has 18 heavy (non-hydrogen) atoms. The Hall–Kier alpha value is -0.490. The van der Waals surface area contributed by atoms with E-state index in [4.69, 9.17) is 0 Å². The second kappa shape index (κ2) is 5.65. The molecule has 0 aromatic heterocycles. The first-order chi connectivity index (χ1) is 7.90. The molecule has 3 nitrogen and oxygen atoms in total. The van der Waals surface area contributed by atoms with E-state index >= 15 is 0 Å². The second-order valence-corrected chi connectivity index (χ2v) is 5.11. The van der Waals surface area contributed by atoms with Crippen molar-refractivity contribution < 1.29 is 18.0 Å². The van der Waals surface area contributed by atoms with E-state index in [1.165, 1.54) is 4.90 Å². The van der Waals surface area contributed by atoms with Gasteiger partial charge >= 0.3 is 6.18 Å². The molecule has 0 radical (unpaired) electrons. The first-order valence-electron chi connectivity index (χ1n) is 5.96. The third-order valence-electron chi connectivity index (χ3n) is 3.81. The van der Waals surface area contributed by atoms with Crippen LogP contribution in [0.15, 0.2) is 0 Å². The maximum atomic E-state index is 12.1. The van der Waals surface area contributed by atoms with Crippen LogP contribution in [0.2, 0.25) is 0 Å². The maximum Gasteiger partial charge on any atom is 0.397 e. The number of alkyl halides is 3. The minimum absolute atomic E-state index is 0. The highest BCUT2D eigenvalue weighted by molar-refractivity contribution is 5.85. The fourth-order valence-electron chi connectivity index (χ4n) is 2.80. The SMILES string of the molecule is Cl.O=C(CC(F)(F)F)N1CCC2(CCNCC2)C1. The summed E-state index contributed by atoms with van der Waals surface area (Å²) in [5, 5.41) is 3.23. The molecule has 2 rings (SSSR count). The molecular weight excluding hydrogens is 269 g/mol. The monoisotopic (exact) mass is 286 g/mol. The van der Waals surface area contributed by atoms with Gasteiger partial charge in [-0.2, -0.15) is 13.2 Å². The highest BCUT2D eigenvalue weighted by Crippen LogP contribution is 2.39. The first kappa shape index (κ1) is 15.6. The molecule has 1 N–H and O–H groups in total. The number of halogens is 4. The van der Waals surface area contributed by atoms with Gasteiger partial charge in [-0.25, -0.2) is 0 Å². The van der Waals surface area contributed by atoms with Crippen LogP contribution >= 0.6 is 12.4 Å². The van der Waals surface area contributed by atoms with E-state index in [2.05, 4.69) is 5.32 Å². The zero-order chi connectivity index (χ0) is 12.5. The molecule has 0 atom stereocenters. The number of rotatable bonds is 1. The zero-order valence-electron chi connectivity index (χ0n) is 10.1. The van der Waals surface area contributed by atoms with Gasteiger partial charge in [0.15, 0.2) is 0 Å². The Bertz CT molecular complexity index is 303. The summed E-state index contributed by atoms with van der Waals surface area (Å²) >= 11 is 0. The Labute approximate surface area is 110 Å². The van der Waals surface area contributed by atoms with Crippen LogP contribution in [-0.4, -0.2) is 43.2 Å². The normalized spacial score (nSPS) is 22.9. The van der Waals surface area contributed by atoms with Crippen LogP contribution in [0.4, 0.5) is 13.2 Å². The molecule has 0 bridgehead atoms. The molecule has 0 aromatic carbocycles. The van der Waals surface area contributed by atoms with Crippen molar-refractivity contribution in [2.24, 2.45) is 5.41 Å². The number of carbonyl (C=O) groups is 1. The summed E-state index contributed by atoms with van der Waals surface area (Å²) in [6, 6.07) is 0. The molecule has 2 saturated heterocycles. The van der Waals surface area contributed by atoms with Gasteiger partial charge in [0.2, 0.25) is 5.91 Å². The number of likely N-dealkylation sites (tertiary alicyclic amines) is 1. The molecule has 1 amide bonds. The lowest BCUT2D eigenvalue weighted by atomic mass is 9.78. The molecule has 2 aliphatic heterocycles. The van der Waals surface area contributed by atoms with Gasteiger partial charge in [-0.15, -0.1) is 12.4 Å². The summed E-state index contributed by atoms with van der Waals surface area (Å²) in [6.45, 7) is 2.79. The molecule has 2 aliphatic rings. The van der Waals surface area contributed by atoms with E-state index in [0.717, 1.165) is 32.4 Å². The first-order valence-corrected chi connectivity index (χ1v) is 5.96. The molecule has 0 aliphatic carbocycles. The van der Waals surface area contributed by atoms with Crippen LogP contribution in [0.1, 0.15) is 25.7 Å². The number of amides is 1. The van der Waals surface area contributed by atoms with Gasteiger partial charge < -0.3 is 10.2 Å². The lowest BCUT2D eigenvalue weighted by Crippen LogP contribution is -2.40. The van der Waals surface area contributed by atoms with E-state index in [9.17, 15) is 18.0 Å². The van der Waals surface area contributed by atoms with E-state index in [0.29, 0.717) is 13.1 Å². The van der Waals surface area contributed by atoms with Crippen molar-refractivity contribution in [2.75, 3.05) is 26.2 Å². The summed E-state index contributed by atoms with van der Waals surface area (Å²) in [5.41, 5.74) is 0.0759. The summed E-state index contributed by atoms with van der Waals surface area (Å²) in [7, 11) is 0. The minimum Gasteiger partial charge on any atom is -0.342 e. The fourth-order valence-corrected chi connectivity index (χ4v) is 2.80. The highest BCUT2D eigenvalue weighted by atomic mass is 35.5. The van der Waals surface area contributed by atoms with Crippen molar-refractivity contribution in [1.29, 1.82) is 0 Å². The van der Waals surface area contributed by atoms with Crippen LogP contribution in [-0.2, 0) is 4.79 Å². The number of nitrogens with zero attached hydrogens (tertiary/aromatic N) is 1. The Kier molecular flexibility index (Phi) is 4.89. The van der Waals surface area contributed by atoms with Crippen LogP contribution in [0.25, 0.3) is 0 Å². The Balaban J connectivity index is 0.00000162. The Morgan fingerprint density at radius 2 is 1.83 bits per heavy atom. The van der Waals surface area contributed by atoms with Crippen molar-refractivity contribution in [3.63, 3.8) is 0 Å². The number of piperidine rings is 1. The van der Waals surface area contributed by atoms with E-state index in [1.54, 1.807) is 0 Å². The van der Waals surface area contributed by atoms with Gasteiger partial charge in [-0.1, -0.05) is 0 Å². The molecule has 1 spiro atoms. The molecular formula is C11H18ClF3N2O. The molecule has 2 heterocycles. The standard InChI is InChI=1S/C11H17F3N2O.ClH/c12-11(13,14)7-9(17)16-6-3-10(8-16)1-4-15-5-2-10;/h15H,1-8H2;1H. The zero-order valence-corrected chi connectivity index (χ0v) is 10.9. The van der Waals surface area contributed by atoms with Gasteiger partial charge in [-0.3, -0.25) is 4.79 Å². The smallest absolute Gasteiger partial charge is 0.342 e. The van der Waals surface area contributed by atoms with Crippen molar-refractivity contribution in [3.8, 4) is 0 Å². The van der Waals surface area contributed by atoms with Crippen molar-refractivity contribution in [2.45, 2.75) is 31.9 Å². The number of carbonyl (C=O) groups excluding carboxylic acids is 1. The van der Waals surface area contributed by atoms with E-state index < -0.39 is 18.5 Å². The second-order valence-electron chi connectivity index (χ2n) is 5.11. The average molecular weight is 287 g/mol. The van der Waals surface area contributed by atoms with E-state index in [1.807, 2.05) is 0 Å². The average Bonchev–Trinajstić information content (AvgIpc) is 2.61. The summed E-state index contributed by atoms with van der Waals surface area (Å²) in [6.07, 6.45) is -2.94. The number of nitrogens with one attached hydrogen (secondary N) is 1. The van der Waals surface area contributed by atoms with Gasteiger partial charge in [0.25, 0.3) is 0 Å². The fraction of sp³-hybridized carbons (Fsp3) is 0.909. The van der Waals surface area contributed by atoms with Crippen molar-refractivity contribution in [1.82, 2.24) is 10.2 Å². The quantitative estimate of drug-likeness (QED) is 0.799. The minimum atomic E-state index is -4.39. The van der Waals surface area contributed by atoms with Crippen molar-refractivity contribution in [3.05, 3.63) is 0 Å². The lowest BCUT2D eigenvalue weighted by Gasteiger charge is -2.33. The summed E-state index contributed by atoms with van der Waals surface area (Å²) in [5.74, 6) is -0.770. The van der Waals surface area contributed by atoms with Gasteiger partial charge in [-0.05, 0) is 37.8 Å². The largest absolute Gasteiger partial charge is 0.397 e. The van der Waals surface area contributed by atoms with Crippen molar-refractivity contribution >= 4 is 18.3 Å². The molecule has 7 heteroatoms. The molecule has 0 unspecified atom stereocenters. The van der Waals surface area contributed by atoms with Gasteiger partial charge in [0, 0.05) is 13.1 Å². The van der Waals surface area contributed by atoms with Crippen LogP contribution in [0.5, 0.6) is 0 Å². The lowest BCUT2D eigenvalue weighted by molar-refractivity contribution is -0.160. The van der Waals surface area contributed by atoms with E-state index in [-0.39, 0.29) is 17.8 Å². The third kappa shape index (κ3) is 3.75. The number of hydrogen-bond donors (Lipinski definition) is 1. The van der Waals surface area contributed by atoms with Crippen LogP contribution < -0.4 is 5.32 Å². The highest BCUT2D eigenvalue weighted by Gasteiger charge is 2.42. The molecule has 2 fully saturated rings. The Morgan fingerprint density at radius 3 is 2.39 bits per heavy atom. The van der Waals surface area contributed by atoms with Crippen LogP contribution in [0, 0.1) is 5.41 Å².